The topological polar surface area (TPSA) is 120 Å². The highest BCUT2D eigenvalue weighted by Gasteiger charge is 2.27. The molecule has 0 saturated heterocycles. The van der Waals surface area contributed by atoms with Gasteiger partial charge < -0.3 is 9.84 Å². The average molecular weight is 518 g/mol. The number of aryl methyl sites for hydroxylation is 1. The minimum absolute atomic E-state index is 0.00522. The molecule has 1 N–H and O–H groups in total. The van der Waals surface area contributed by atoms with Crippen LogP contribution in [-0.4, -0.2) is 38.6 Å². The number of rotatable bonds is 6. The Bertz CT molecular complexity index is 1580. The fraction of sp³-hybridized carbons (Fsp3) is 0.345. The van der Waals surface area contributed by atoms with Gasteiger partial charge in [-0.2, -0.15) is 0 Å². The number of ketones is 1. The van der Waals surface area contributed by atoms with Crippen molar-refractivity contribution in [3.63, 3.8) is 0 Å². The number of carbonyl (C=O) groups excluding carboxylic acids is 1. The van der Waals surface area contributed by atoms with Gasteiger partial charge in [-0.1, -0.05) is 24.3 Å². The van der Waals surface area contributed by atoms with E-state index in [-0.39, 0.29) is 35.3 Å². The zero-order chi connectivity index (χ0) is 27.2. The zero-order valence-electron chi connectivity index (χ0n) is 21.5. The van der Waals surface area contributed by atoms with E-state index in [9.17, 15) is 14.4 Å². The van der Waals surface area contributed by atoms with Crippen LogP contribution >= 0.6 is 0 Å². The Labute approximate surface area is 219 Å². The van der Waals surface area contributed by atoms with Crippen molar-refractivity contribution in [3.8, 4) is 5.75 Å². The number of carbonyl (C=O) groups is 2. The van der Waals surface area contributed by atoms with E-state index in [1.807, 2.05) is 30.3 Å². The summed E-state index contributed by atoms with van der Waals surface area (Å²) >= 11 is 0. The van der Waals surface area contributed by atoms with Crippen LogP contribution in [0.2, 0.25) is 0 Å². The molecule has 0 aliphatic heterocycles. The van der Waals surface area contributed by atoms with E-state index in [1.165, 1.54) is 9.13 Å². The molecule has 38 heavy (non-hydrogen) atoms. The molecule has 9 heteroatoms. The van der Waals surface area contributed by atoms with Crippen LogP contribution in [-0.2, 0) is 29.6 Å². The number of fused-ring (bicyclic) bond motifs is 2. The first-order valence-corrected chi connectivity index (χ1v) is 12.6. The summed E-state index contributed by atoms with van der Waals surface area (Å²) in [6.07, 6.45) is 5.33. The normalized spacial score (nSPS) is 17.0. The first kappa shape index (κ1) is 26.8. The van der Waals surface area contributed by atoms with Gasteiger partial charge in [0.2, 0.25) is 0 Å². The molecule has 0 amide bonds. The quantitative estimate of drug-likeness (QED) is 0.388. The molecule has 1 fully saturated rings. The van der Waals surface area contributed by atoms with Gasteiger partial charge in [0, 0.05) is 37.5 Å². The Morgan fingerprint density at radius 1 is 1.11 bits per heavy atom. The molecule has 2 heterocycles. The summed E-state index contributed by atoms with van der Waals surface area (Å²) in [5.74, 6) is 1.02. The van der Waals surface area contributed by atoms with E-state index in [0.29, 0.717) is 29.6 Å². The van der Waals surface area contributed by atoms with Crippen molar-refractivity contribution in [2.24, 2.45) is 18.9 Å². The number of pyridine rings is 1. The fourth-order valence-corrected chi connectivity index (χ4v) is 5.35. The number of para-hydroxylation sites is 1. The number of carboxylic acid groups (broad SMARTS) is 1. The summed E-state index contributed by atoms with van der Waals surface area (Å²) in [5, 5.41) is 8.40. The largest absolute Gasteiger partial charge is 0.497 e. The molecule has 0 bridgehead atoms. The maximum Gasteiger partial charge on any atom is 0.331 e. The number of Topliss-reactive ketones (excluding diaryl/α,β-unsaturated/α-hetero) is 1. The highest BCUT2D eigenvalue weighted by atomic mass is 16.5. The highest BCUT2D eigenvalue weighted by Crippen LogP contribution is 2.31. The van der Waals surface area contributed by atoms with E-state index in [2.05, 4.69) is 4.98 Å². The van der Waals surface area contributed by atoms with Gasteiger partial charge in [-0.3, -0.25) is 28.5 Å². The van der Waals surface area contributed by atoms with E-state index in [4.69, 9.17) is 14.6 Å². The number of nitrogens with zero attached hydrogens (tertiary/aromatic N) is 3. The van der Waals surface area contributed by atoms with Crippen LogP contribution in [0.4, 0.5) is 0 Å². The Morgan fingerprint density at radius 2 is 1.82 bits per heavy atom. The third-order valence-corrected chi connectivity index (χ3v) is 7.38. The second kappa shape index (κ2) is 11.9. The molecule has 0 spiro atoms. The maximum absolute atomic E-state index is 13.2. The molecule has 0 radical (unpaired) electrons. The number of hydrogen-bond acceptors (Lipinski definition) is 6. The van der Waals surface area contributed by atoms with Gasteiger partial charge in [-0.25, -0.2) is 4.79 Å². The van der Waals surface area contributed by atoms with Gasteiger partial charge in [0.05, 0.1) is 23.5 Å². The predicted octanol–water partition coefficient (Wildman–Crippen LogP) is 3.58. The van der Waals surface area contributed by atoms with Crippen LogP contribution < -0.4 is 16.0 Å². The molecular formula is C29H31N3O6. The van der Waals surface area contributed by atoms with Gasteiger partial charge in [0.1, 0.15) is 11.5 Å². The van der Waals surface area contributed by atoms with Crippen molar-refractivity contribution in [1.82, 2.24) is 14.1 Å². The molecule has 1 aliphatic carbocycles. The number of hydrogen-bond donors (Lipinski definition) is 1. The number of benzene rings is 2. The van der Waals surface area contributed by atoms with Crippen LogP contribution in [0.25, 0.3) is 21.8 Å². The molecule has 0 atom stereocenters. The minimum atomic E-state index is -0.311. The van der Waals surface area contributed by atoms with Gasteiger partial charge in [-0.05, 0) is 61.4 Å². The maximum atomic E-state index is 13.2. The second-order valence-corrected chi connectivity index (χ2v) is 9.60. The van der Waals surface area contributed by atoms with Crippen molar-refractivity contribution in [1.29, 1.82) is 0 Å². The molecule has 198 valence electrons. The molecule has 5 rings (SSSR count). The SMILES string of the molecule is COc1ccc2c(c1)c(=O)n(CC1CCC(C(=O)Cc3cccc4cccnc34)CC1)c(=O)n2C.O=CO. The standard InChI is InChI=1S/C28H29N3O4.CH2O2/c1-30-24-13-12-22(35-2)16-23(24)27(33)31(28(30)34)17-18-8-10-19(11-9-18)25(32)15-21-6-3-5-20-7-4-14-29-26(20)21;2-1-3/h3-7,12-14,16,18-19H,8-11,15,17H2,1-2H3;1H,(H,2,3). The summed E-state index contributed by atoms with van der Waals surface area (Å²) in [4.78, 5) is 52.0. The van der Waals surface area contributed by atoms with Crippen molar-refractivity contribution in [2.45, 2.75) is 38.6 Å². The number of ether oxygens (including phenoxy) is 1. The van der Waals surface area contributed by atoms with Crippen molar-refractivity contribution in [3.05, 3.63) is 81.1 Å². The summed E-state index contributed by atoms with van der Waals surface area (Å²) in [6.45, 7) is 0.118. The number of methoxy groups -OCH3 is 1. The second-order valence-electron chi connectivity index (χ2n) is 9.60. The molecule has 1 saturated carbocycles. The van der Waals surface area contributed by atoms with Gasteiger partial charge in [0.15, 0.2) is 0 Å². The summed E-state index contributed by atoms with van der Waals surface area (Å²) in [7, 11) is 3.24. The highest BCUT2D eigenvalue weighted by molar-refractivity contribution is 5.89. The first-order chi connectivity index (χ1) is 18.4. The van der Waals surface area contributed by atoms with Crippen LogP contribution in [0.5, 0.6) is 5.75 Å². The third-order valence-electron chi connectivity index (χ3n) is 7.38. The molecule has 1 aliphatic rings. The van der Waals surface area contributed by atoms with E-state index in [1.54, 1.807) is 38.6 Å². The van der Waals surface area contributed by atoms with Crippen molar-refractivity contribution < 1.29 is 19.4 Å². The Hall–Kier alpha value is -4.27. The molecule has 2 aromatic carbocycles. The fourth-order valence-electron chi connectivity index (χ4n) is 5.35. The average Bonchev–Trinajstić information content (AvgIpc) is 2.94. The first-order valence-electron chi connectivity index (χ1n) is 12.6. The van der Waals surface area contributed by atoms with E-state index < -0.39 is 0 Å². The van der Waals surface area contributed by atoms with Crippen LogP contribution in [0.15, 0.2) is 64.3 Å². The van der Waals surface area contributed by atoms with Gasteiger partial charge >= 0.3 is 5.69 Å². The Balaban J connectivity index is 0.00000107. The minimum Gasteiger partial charge on any atom is -0.497 e. The van der Waals surface area contributed by atoms with E-state index in [0.717, 1.165) is 42.1 Å². The zero-order valence-corrected chi connectivity index (χ0v) is 21.5. The molecule has 9 nitrogen and oxygen atoms in total. The lowest BCUT2D eigenvalue weighted by atomic mass is 9.78. The summed E-state index contributed by atoms with van der Waals surface area (Å²) < 4.78 is 8.13. The summed E-state index contributed by atoms with van der Waals surface area (Å²) in [6, 6.07) is 15.1. The lowest BCUT2D eigenvalue weighted by molar-refractivity contribution is -0.124. The number of aromatic nitrogens is 3. The van der Waals surface area contributed by atoms with Crippen molar-refractivity contribution in [2.75, 3.05) is 7.11 Å². The van der Waals surface area contributed by atoms with Crippen LogP contribution in [0.1, 0.15) is 31.2 Å². The molecular weight excluding hydrogens is 486 g/mol. The third kappa shape index (κ3) is 5.51. The smallest absolute Gasteiger partial charge is 0.331 e. The predicted molar refractivity (Wildman–Crippen MR) is 145 cm³/mol. The van der Waals surface area contributed by atoms with Gasteiger partial charge in [-0.15, -0.1) is 0 Å². The van der Waals surface area contributed by atoms with Crippen LogP contribution in [0, 0.1) is 11.8 Å². The lowest BCUT2D eigenvalue weighted by Crippen LogP contribution is -2.41. The Morgan fingerprint density at radius 3 is 2.53 bits per heavy atom. The van der Waals surface area contributed by atoms with Crippen molar-refractivity contribution >= 4 is 34.1 Å². The summed E-state index contributed by atoms with van der Waals surface area (Å²) in [5.41, 5.74) is 1.85. The molecule has 2 aromatic heterocycles. The lowest BCUT2D eigenvalue weighted by Gasteiger charge is -2.28. The Kier molecular flexibility index (Phi) is 8.35. The van der Waals surface area contributed by atoms with E-state index >= 15 is 0 Å². The monoisotopic (exact) mass is 517 g/mol. The van der Waals surface area contributed by atoms with Crippen LogP contribution in [0.3, 0.4) is 0 Å². The molecule has 0 unspecified atom stereocenters. The molecule has 4 aromatic rings. The van der Waals surface area contributed by atoms with Gasteiger partial charge in [0.25, 0.3) is 12.0 Å².